The van der Waals surface area contributed by atoms with Gasteiger partial charge in [-0.3, -0.25) is 4.79 Å². The van der Waals surface area contributed by atoms with Crippen molar-refractivity contribution in [2.45, 2.75) is 50.2 Å². The van der Waals surface area contributed by atoms with E-state index in [2.05, 4.69) is 4.98 Å². The molecule has 0 radical (unpaired) electrons. The van der Waals surface area contributed by atoms with Crippen LogP contribution in [0.5, 0.6) is 0 Å². The zero-order valence-corrected chi connectivity index (χ0v) is 20.9. The van der Waals surface area contributed by atoms with Crippen LogP contribution in [0.25, 0.3) is 0 Å². The molecule has 7 nitrogen and oxygen atoms in total. The van der Waals surface area contributed by atoms with E-state index in [1.807, 2.05) is 4.90 Å². The van der Waals surface area contributed by atoms with Crippen molar-refractivity contribution >= 4 is 17.4 Å². The Bertz CT molecular complexity index is 1180. The van der Waals surface area contributed by atoms with Crippen LogP contribution in [0.15, 0.2) is 36.5 Å². The van der Waals surface area contributed by atoms with Gasteiger partial charge in [0.25, 0.3) is 0 Å². The number of piperazine rings is 1. The van der Waals surface area contributed by atoms with Crippen molar-refractivity contribution < 1.29 is 41.2 Å². The van der Waals surface area contributed by atoms with Crippen molar-refractivity contribution in [3.63, 3.8) is 0 Å². The number of nitrogens with two attached hydrogens (primary N) is 1. The number of carbonyl (C=O) groups excluding carboxylic acids is 1. The van der Waals surface area contributed by atoms with Gasteiger partial charge < -0.3 is 19.9 Å². The molecule has 2 heterocycles. The third-order valence-corrected chi connectivity index (χ3v) is 7.09. The molecule has 13 heteroatoms. The average Bonchev–Trinajstić information content (AvgIpc) is 2.91. The lowest BCUT2D eigenvalue weighted by Crippen LogP contribution is -2.85. The van der Waals surface area contributed by atoms with E-state index in [-0.39, 0.29) is 24.7 Å². The number of rotatable bonds is 6. The number of quaternary nitrogens is 1. The summed E-state index contributed by atoms with van der Waals surface area (Å²) in [6, 6.07) is 7.68. The number of nitriles is 1. The number of amides is 1. The van der Waals surface area contributed by atoms with Crippen molar-refractivity contribution in [2.75, 3.05) is 37.7 Å². The number of hydrogen-bond acceptors (Lipinski definition) is 5. The van der Waals surface area contributed by atoms with Crippen molar-refractivity contribution in [3.05, 3.63) is 53.2 Å². The van der Waals surface area contributed by atoms with Crippen LogP contribution < -0.4 is 10.2 Å². The third kappa shape index (κ3) is 7.39. The number of benzene rings is 1. The van der Waals surface area contributed by atoms with Crippen LogP contribution in [0.3, 0.4) is 0 Å². The standard InChI is InChI=1S/C26H27F6N5O2/c27-25(28,29)18-2-8-23(34-15-18)36-9-11-37(12-10-36)24(38)16-39-21-6-4-19(5-7-21)35-20-3-1-17(14-33)22(13-20)26(30,31)32/h1-3,8,13,15,19,21,35H,4-7,9-12,16H2/p+1. The molecule has 2 aliphatic rings. The van der Waals surface area contributed by atoms with E-state index in [4.69, 9.17) is 10.00 Å². The molecule has 4 rings (SSSR count). The second-order valence-corrected chi connectivity index (χ2v) is 9.70. The van der Waals surface area contributed by atoms with Gasteiger partial charge in [-0.1, -0.05) is 0 Å². The fraction of sp³-hybridized carbons (Fsp3) is 0.500. The highest BCUT2D eigenvalue weighted by atomic mass is 19.4. The molecule has 0 spiro atoms. The minimum absolute atomic E-state index is 0.0708. The number of nitrogens with zero attached hydrogens (tertiary/aromatic N) is 4. The zero-order chi connectivity index (χ0) is 28.2. The van der Waals surface area contributed by atoms with Crippen LogP contribution in [0.2, 0.25) is 0 Å². The fourth-order valence-corrected chi connectivity index (χ4v) is 4.90. The van der Waals surface area contributed by atoms with Gasteiger partial charge in [0.1, 0.15) is 18.1 Å². The minimum atomic E-state index is -4.60. The van der Waals surface area contributed by atoms with Crippen molar-refractivity contribution in [2.24, 2.45) is 0 Å². The molecule has 2 N–H and O–H groups in total. The maximum absolute atomic E-state index is 13.2. The summed E-state index contributed by atoms with van der Waals surface area (Å²) < 4.78 is 83.7. The van der Waals surface area contributed by atoms with Gasteiger partial charge in [-0.25, -0.2) is 4.98 Å². The molecule has 1 aliphatic heterocycles. The Hall–Kier alpha value is -3.37. The number of ether oxygens (including phenoxy) is 1. The predicted molar refractivity (Wildman–Crippen MR) is 128 cm³/mol. The molecule has 210 valence electrons. The number of aromatic nitrogens is 1. The number of anilines is 1. The first kappa shape index (κ1) is 28.6. The quantitative estimate of drug-likeness (QED) is 0.432. The first-order valence-electron chi connectivity index (χ1n) is 12.6. The lowest BCUT2D eigenvalue weighted by molar-refractivity contribution is -0.615. The van der Waals surface area contributed by atoms with E-state index in [1.165, 1.54) is 18.2 Å². The van der Waals surface area contributed by atoms with Gasteiger partial charge in [-0.05, 0) is 31.0 Å². The normalized spacial score (nSPS) is 20.5. The van der Waals surface area contributed by atoms with Gasteiger partial charge in [0, 0.05) is 57.4 Å². The molecule has 1 saturated heterocycles. The second-order valence-electron chi connectivity index (χ2n) is 9.70. The molecule has 39 heavy (non-hydrogen) atoms. The van der Waals surface area contributed by atoms with E-state index in [1.54, 1.807) is 16.3 Å². The van der Waals surface area contributed by atoms with Crippen LogP contribution in [-0.2, 0) is 21.9 Å². The maximum Gasteiger partial charge on any atom is 0.417 e. The van der Waals surface area contributed by atoms with Crippen LogP contribution in [0, 0.1) is 11.3 Å². The highest BCUT2D eigenvalue weighted by molar-refractivity contribution is 5.77. The largest absolute Gasteiger partial charge is 0.417 e. The van der Waals surface area contributed by atoms with Crippen LogP contribution >= 0.6 is 0 Å². The van der Waals surface area contributed by atoms with Gasteiger partial charge >= 0.3 is 12.4 Å². The molecule has 1 aromatic carbocycles. The molecular weight excluding hydrogens is 528 g/mol. The predicted octanol–water partition coefficient (Wildman–Crippen LogP) is 3.86. The first-order chi connectivity index (χ1) is 18.4. The second kappa shape index (κ2) is 11.8. The third-order valence-electron chi connectivity index (χ3n) is 7.09. The van der Waals surface area contributed by atoms with Gasteiger partial charge in [0.2, 0.25) is 5.91 Å². The van der Waals surface area contributed by atoms with Crippen LogP contribution in [-0.4, -0.2) is 60.7 Å². The fourth-order valence-electron chi connectivity index (χ4n) is 4.90. The van der Waals surface area contributed by atoms with Crippen molar-refractivity contribution in [1.29, 1.82) is 5.26 Å². The molecule has 1 saturated carbocycles. The highest BCUT2D eigenvalue weighted by Crippen LogP contribution is 2.33. The number of halogens is 6. The Balaban J connectivity index is 1.18. The summed E-state index contributed by atoms with van der Waals surface area (Å²) in [7, 11) is 0. The molecule has 2 fully saturated rings. The molecule has 1 aliphatic carbocycles. The lowest BCUT2D eigenvalue weighted by Gasteiger charge is -2.36. The lowest BCUT2D eigenvalue weighted by atomic mass is 9.92. The minimum Gasteiger partial charge on any atom is -0.368 e. The monoisotopic (exact) mass is 556 g/mol. The Morgan fingerprint density at radius 1 is 1.00 bits per heavy atom. The molecule has 1 amide bonds. The van der Waals surface area contributed by atoms with Crippen molar-refractivity contribution in [3.8, 4) is 6.07 Å². The van der Waals surface area contributed by atoms with E-state index in [0.29, 0.717) is 63.4 Å². The van der Waals surface area contributed by atoms with Gasteiger partial charge in [-0.2, -0.15) is 31.6 Å². The zero-order valence-electron chi connectivity index (χ0n) is 20.9. The molecule has 0 atom stereocenters. The smallest absolute Gasteiger partial charge is 0.368 e. The van der Waals surface area contributed by atoms with E-state index in [0.717, 1.165) is 18.3 Å². The molecule has 1 aromatic heterocycles. The SMILES string of the molecule is N#Cc1ccc([NH2+]C2CCC(OCC(=O)N3CCN(c4ccc(C(F)(F)F)cn4)CC3)CC2)cc1C(F)(F)F. The molecule has 2 aromatic rings. The Labute approximate surface area is 221 Å². The van der Waals surface area contributed by atoms with Crippen molar-refractivity contribution in [1.82, 2.24) is 9.88 Å². The highest BCUT2D eigenvalue weighted by Gasteiger charge is 2.35. The Morgan fingerprint density at radius 3 is 2.26 bits per heavy atom. The van der Waals surface area contributed by atoms with E-state index < -0.39 is 29.0 Å². The molecule has 0 bridgehead atoms. The number of alkyl halides is 6. The topological polar surface area (TPSA) is 86.1 Å². The average molecular weight is 557 g/mol. The molecular formula is C26H28F6N5O2+. The van der Waals surface area contributed by atoms with Gasteiger partial charge in [0.15, 0.2) is 0 Å². The number of pyridine rings is 1. The summed E-state index contributed by atoms with van der Waals surface area (Å²) in [5.41, 5.74) is -1.73. The van der Waals surface area contributed by atoms with Crippen LogP contribution in [0.4, 0.5) is 37.8 Å². The number of carbonyl (C=O) groups is 1. The van der Waals surface area contributed by atoms with Crippen LogP contribution in [0.1, 0.15) is 42.4 Å². The summed E-state index contributed by atoms with van der Waals surface area (Å²) in [4.78, 5) is 20.0. The maximum atomic E-state index is 13.2. The van der Waals surface area contributed by atoms with E-state index >= 15 is 0 Å². The summed E-state index contributed by atoms with van der Waals surface area (Å²) in [5.74, 6) is 0.261. The Kier molecular flexibility index (Phi) is 8.66. The van der Waals surface area contributed by atoms with Gasteiger partial charge in [-0.15, -0.1) is 0 Å². The van der Waals surface area contributed by atoms with E-state index in [9.17, 15) is 31.1 Å². The molecule has 0 unspecified atom stereocenters. The summed E-state index contributed by atoms with van der Waals surface area (Å²) in [6.07, 6.45) is -5.61. The Morgan fingerprint density at radius 2 is 1.69 bits per heavy atom. The van der Waals surface area contributed by atoms with Gasteiger partial charge in [0.05, 0.1) is 34.9 Å². The summed E-state index contributed by atoms with van der Waals surface area (Å²) in [6.45, 7) is 1.60. The summed E-state index contributed by atoms with van der Waals surface area (Å²) in [5, 5.41) is 10.7. The number of hydrogen-bond donors (Lipinski definition) is 1. The first-order valence-corrected chi connectivity index (χ1v) is 12.6. The summed E-state index contributed by atoms with van der Waals surface area (Å²) >= 11 is 0.